The predicted octanol–water partition coefficient (Wildman–Crippen LogP) is 4.05. The summed E-state index contributed by atoms with van der Waals surface area (Å²) in [5, 5.41) is 0. The average molecular weight is 312 g/mol. The van der Waals surface area contributed by atoms with Crippen LogP contribution in [0.1, 0.15) is 38.0 Å². The first-order chi connectivity index (χ1) is 8.27. The van der Waals surface area contributed by atoms with E-state index in [1.165, 1.54) is 0 Å². The molecule has 18 heavy (non-hydrogen) atoms. The van der Waals surface area contributed by atoms with Crippen molar-refractivity contribution in [2.24, 2.45) is 0 Å². The van der Waals surface area contributed by atoms with Crippen molar-refractivity contribution in [2.45, 2.75) is 39.3 Å². The molecule has 0 N–H and O–H groups in total. The second kappa shape index (κ2) is 4.57. The monoisotopic (exact) mass is 311 g/mol. The highest BCUT2D eigenvalue weighted by molar-refractivity contribution is 9.10. The number of hydrogen-bond acceptors (Lipinski definition) is 2. The van der Waals surface area contributed by atoms with Gasteiger partial charge in [-0.25, -0.2) is 4.79 Å². The number of aryl methyl sites for hydroxylation is 1. The zero-order valence-electron chi connectivity index (χ0n) is 11.2. The molecule has 98 valence electrons. The van der Waals surface area contributed by atoms with Crippen LogP contribution in [0.3, 0.4) is 0 Å². The molecule has 0 spiro atoms. The number of benzene rings is 1. The van der Waals surface area contributed by atoms with Gasteiger partial charge in [-0.1, -0.05) is 22.0 Å². The Kier molecular flexibility index (Phi) is 3.41. The molecule has 1 aliphatic heterocycles. The minimum absolute atomic E-state index is 0.173. The van der Waals surface area contributed by atoms with E-state index in [1.807, 2.05) is 39.8 Å². The topological polar surface area (TPSA) is 29.5 Å². The molecule has 1 aromatic carbocycles. The van der Waals surface area contributed by atoms with Crippen LogP contribution in [0, 0.1) is 6.92 Å². The van der Waals surface area contributed by atoms with Crippen molar-refractivity contribution >= 4 is 22.0 Å². The van der Waals surface area contributed by atoms with Gasteiger partial charge in [0.05, 0.1) is 6.54 Å². The van der Waals surface area contributed by atoms with E-state index in [9.17, 15) is 4.79 Å². The van der Waals surface area contributed by atoms with Crippen molar-refractivity contribution in [3.05, 3.63) is 33.8 Å². The molecule has 0 bridgehead atoms. The molecule has 1 unspecified atom stereocenters. The van der Waals surface area contributed by atoms with Crippen LogP contribution in [-0.2, 0) is 4.74 Å². The summed E-state index contributed by atoms with van der Waals surface area (Å²) < 4.78 is 6.48. The van der Waals surface area contributed by atoms with E-state index in [0.717, 1.165) is 15.6 Å². The highest BCUT2D eigenvalue weighted by Gasteiger charge is 2.38. The van der Waals surface area contributed by atoms with Gasteiger partial charge >= 0.3 is 6.09 Å². The van der Waals surface area contributed by atoms with Gasteiger partial charge in [0.1, 0.15) is 6.10 Å². The summed E-state index contributed by atoms with van der Waals surface area (Å²) in [7, 11) is 0. The number of ether oxygens (including phenoxy) is 1. The lowest BCUT2D eigenvalue weighted by Crippen LogP contribution is -2.41. The van der Waals surface area contributed by atoms with Crippen LogP contribution in [0.25, 0.3) is 0 Å². The van der Waals surface area contributed by atoms with Crippen molar-refractivity contribution in [3.8, 4) is 0 Å². The molecule has 1 aliphatic rings. The normalized spacial score (nSPS) is 20.2. The third-order valence-corrected chi connectivity index (χ3v) is 3.52. The van der Waals surface area contributed by atoms with Gasteiger partial charge in [0.2, 0.25) is 0 Å². The molecule has 0 aliphatic carbocycles. The van der Waals surface area contributed by atoms with Gasteiger partial charge in [0.25, 0.3) is 0 Å². The molecule has 1 saturated heterocycles. The van der Waals surface area contributed by atoms with Gasteiger partial charge < -0.3 is 4.74 Å². The van der Waals surface area contributed by atoms with Gasteiger partial charge in [-0.2, -0.15) is 0 Å². The van der Waals surface area contributed by atoms with Crippen molar-refractivity contribution < 1.29 is 9.53 Å². The van der Waals surface area contributed by atoms with Crippen molar-refractivity contribution in [2.75, 3.05) is 6.54 Å². The molecule has 0 aromatic heterocycles. The molecule has 1 atom stereocenters. The number of rotatable bonds is 1. The number of cyclic esters (lactones) is 1. The summed E-state index contributed by atoms with van der Waals surface area (Å²) in [5.74, 6) is 0. The van der Waals surface area contributed by atoms with Crippen LogP contribution in [0.2, 0.25) is 0 Å². The predicted molar refractivity (Wildman–Crippen MR) is 74.6 cm³/mol. The Hall–Kier alpha value is -1.03. The standard InChI is InChI=1S/C14H18BrNO2/c1-9-5-10(7-11(15)6-9)12-8-16(13(17)18-12)14(2,3)4/h5-7,12H,8H2,1-4H3. The van der Waals surface area contributed by atoms with Crippen molar-refractivity contribution in [1.29, 1.82) is 0 Å². The van der Waals surface area contributed by atoms with Crippen molar-refractivity contribution in [1.82, 2.24) is 4.90 Å². The fourth-order valence-electron chi connectivity index (χ4n) is 2.13. The van der Waals surface area contributed by atoms with Gasteiger partial charge in [-0.05, 0) is 51.0 Å². The van der Waals surface area contributed by atoms with Crippen LogP contribution < -0.4 is 0 Å². The molecular weight excluding hydrogens is 294 g/mol. The molecule has 1 amide bonds. The highest BCUT2D eigenvalue weighted by Crippen LogP contribution is 2.32. The summed E-state index contributed by atoms with van der Waals surface area (Å²) in [4.78, 5) is 13.6. The maximum absolute atomic E-state index is 11.9. The fraction of sp³-hybridized carbons (Fsp3) is 0.500. The fourth-order valence-corrected chi connectivity index (χ4v) is 2.76. The lowest BCUT2D eigenvalue weighted by atomic mass is 10.0. The summed E-state index contributed by atoms with van der Waals surface area (Å²) in [5.41, 5.74) is 2.00. The van der Waals surface area contributed by atoms with E-state index < -0.39 is 0 Å². The first-order valence-electron chi connectivity index (χ1n) is 6.03. The number of carbonyl (C=O) groups excluding carboxylic acids is 1. The molecule has 0 saturated carbocycles. The number of carbonyl (C=O) groups is 1. The summed E-state index contributed by atoms with van der Waals surface area (Å²) in [6.45, 7) is 8.69. The van der Waals surface area contributed by atoms with Crippen LogP contribution in [0.15, 0.2) is 22.7 Å². The zero-order chi connectivity index (χ0) is 13.5. The summed E-state index contributed by atoms with van der Waals surface area (Å²) in [6.07, 6.45) is -0.405. The van der Waals surface area contributed by atoms with Crippen molar-refractivity contribution in [3.63, 3.8) is 0 Å². The Morgan fingerprint density at radius 3 is 2.50 bits per heavy atom. The minimum atomic E-state index is -0.231. The number of amides is 1. The number of nitrogens with zero attached hydrogens (tertiary/aromatic N) is 1. The molecule has 1 heterocycles. The van der Waals surface area contributed by atoms with Gasteiger partial charge in [-0.3, -0.25) is 4.90 Å². The molecule has 0 radical (unpaired) electrons. The smallest absolute Gasteiger partial charge is 0.411 e. The van der Waals surface area contributed by atoms with E-state index in [2.05, 4.69) is 22.0 Å². The molecular formula is C14H18BrNO2. The Morgan fingerprint density at radius 1 is 1.33 bits per heavy atom. The SMILES string of the molecule is Cc1cc(Br)cc(C2CN(C(C)(C)C)C(=O)O2)c1. The molecule has 2 rings (SSSR count). The van der Waals surface area contributed by atoms with Crippen LogP contribution in [-0.4, -0.2) is 23.1 Å². The quantitative estimate of drug-likeness (QED) is 0.783. The lowest BCUT2D eigenvalue weighted by molar-refractivity contribution is 0.120. The average Bonchev–Trinajstić information content (AvgIpc) is 2.58. The van der Waals surface area contributed by atoms with E-state index in [-0.39, 0.29) is 17.7 Å². The maximum Gasteiger partial charge on any atom is 0.411 e. The molecule has 3 nitrogen and oxygen atoms in total. The number of hydrogen-bond donors (Lipinski definition) is 0. The zero-order valence-corrected chi connectivity index (χ0v) is 12.7. The van der Waals surface area contributed by atoms with E-state index in [0.29, 0.717) is 6.54 Å². The molecule has 4 heteroatoms. The molecule has 1 aromatic rings. The maximum atomic E-state index is 11.9. The molecule has 1 fully saturated rings. The van der Waals surface area contributed by atoms with Gasteiger partial charge in [0, 0.05) is 10.0 Å². The number of halogens is 1. The Labute approximate surface area is 116 Å². The largest absolute Gasteiger partial charge is 0.439 e. The Bertz CT molecular complexity index is 459. The van der Waals surface area contributed by atoms with E-state index >= 15 is 0 Å². The van der Waals surface area contributed by atoms with E-state index in [1.54, 1.807) is 4.90 Å². The van der Waals surface area contributed by atoms with Crippen LogP contribution >= 0.6 is 15.9 Å². The lowest BCUT2D eigenvalue weighted by Gasteiger charge is -2.29. The summed E-state index contributed by atoms with van der Waals surface area (Å²) >= 11 is 3.48. The Morgan fingerprint density at radius 2 is 2.00 bits per heavy atom. The van der Waals surface area contributed by atoms with Crippen LogP contribution in [0.5, 0.6) is 0 Å². The van der Waals surface area contributed by atoms with E-state index in [4.69, 9.17) is 4.74 Å². The highest BCUT2D eigenvalue weighted by atomic mass is 79.9. The van der Waals surface area contributed by atoms with Gasteiger partial charge in [0.15, 0.2) is 0 Å². The second-order valence-electron chi connectivity index (χ2n) is 5.72. The van der Waals surface area contributed by atoms with Crippen LogP contribution in [0.4, 0.5) is 4.79 Å². The Balaban J connectivity index is 2.24. The third-order valence-electron chi connectivity index (χ3n) is 3.06. The third kappa shape index (κ3) is 2.69. The minimum Gasteiger partial charge on any atom is -0.439 e. The summed E-state index contributed by atoms with van der Waals surface area (Å²) in [6, 6.07) is 6.12. The first-order valence-corrected chi connectivity index (χ1v) is 6.82. The second-order valence-corrected chi connectivity index (χ2v) is 6.63. The first kappa shape index (κ1) is 13.4. The van der Waals surface area contributed by atoms with Gasteiger partial charge in [-0.15, -0.1) is 0 Å².